The standard InChI is InChI=1S/C69H51N9/c1-4-49-58(34-76-37-61(70-73-76)52-28-22-46-19-16-40-10-7-13-43-25-31-55(52)67(46)64(40)43)50(5-2)60(36-78-39-63(72-75-78)54-30-24-48-21-18-42-12-9-15-45-27-33-57(54)69(48)66(42)45)51(6-3)59(49)35-77-38-62(71-74-77)53-29-23-47-20-17-41-11-8-14-44-26-32-56(53)68(47)65(41)44/h7-33,37-39H,4-6,34-36H2,1-3H3. The highest BCUT2D eigenvalue weighted by atomic mass is 15.4. The van der Waals surface area contributed by atoms with E-state index in [2.05, 4.69) is 203 Å². The van der Waals surface area contributed by atoms with Crippen molar-refractivity contribution < 1.29 is 0 Å². The van der Waals surface area contributed by atoms with E-state index in [1.54, 1.807) is 0 Å². The van der Waals surface area contributed by atoms with Crippen molar-refractivity contribution in [3.05, 3.63) is 216 Å². The van der Waals surface area contributed by atoms with E-state index in [1.165, 1.54) is 130 Å². The average molecular weight is 1010 g/mol. The maximum atomic E-state index is 4.92. The molecule has 0 amide bonds. The van der Waals surface area contributed by atoms with E-state index < -0.39 is 0 Å². The summed E-state index contributed by atoms with van der Waals surface area (Å²) < 4.78 is 6.13. The Morgan fingerprint density at radius 1 is 0.269 bits per heavy atom. The normalized spacial score (nSPS) is 12.3. The van der Waals surface area contributed by atoms with Gasteiger partial charge in [0.1, 0.15) is 17.1 Å². The van der Waals surface area contributed by atoms with Crippen molar-refractivity contribution >= 4 is 97.0 Å². The molecule has 78 heavy (non-hydrogen) atoms. The topological polar surface area (TPSA) is 92.1 Å². The molecule has 13 aromatic carbocycles. The van der Waals surface area contributed by atoms with Gasteiger partial charge in [-0.25, -0.2) is 14.0 Å². The van der Waals surface area contributed by atoms with Crippen LogP contribution in [0.1, 0.15) is 54.2 Å². The molecule has 16 aromatic rings. The summed E-state index contributed by atoms with van der Waals surface area (Å²) in [7, 11) is 0. The van der Waals surface area contributed by atoms with Gasteiger partial charge in [-0.05, 0) is 150 Å². The lowest BCUT2D eigenvalue weighted by Gasteiger charge is -2.26. The highest BCUT2D eigenvalue weighted by molar-refractivity contribution is 6.27. The molecule has 0 saturated carbocycles. The molecule has 372 valence electrons. The van der Waals surface area contributed by atoms with Crippen LogP contribution < -0.4 is 0 Å². The first-order valence-corrected chi connectivity index (χ1v) is 27.4. The van der Waals surface area contributed by atoms with Crippen LogP contribution in [0.4, 0.5) is 0 Å². The van der Waals surface area contributed by atoms with Gasteiger partial charge in [0.05, 0.1) is 38.2 Å². The Hall–Kier alpha value is -9.60. The van der Waals surface area contributed by atoms with Crippen LogP contribution in [-0.2, 0) is 38.9 Å². The van der Waals surface area contributed by atoms with Crippen LogP contribution in [-0.4, -0.2) is 45.0 Å². The summed E-state index contributed by atoms with van der Waals surface area (Å²) in [6.45, 7) is 8.55. The second-order valence-electron chi connectivity index (χ2n) is 21.2. The zero-order chi connectivity index (χ0) is 51.8. The molecule has 0 fully saturated rings. The van der Waals surface area contributed by atoms with Gasteiger partial charge in [-0.2, -0.15) is 0 Å². The minimum Gasteiger partial charge on any atom is -0.247 e. The number of hydrogen-bond donors (Lipinski definition) is 0. The minimum absolute atomic E-state index is 0.561. The van der Waals surface area contributed by atoms with Crippen molar-refractivity contribution in [2.24, 2.45) is 0 Å². The van der Waals surface area contributed by atoms with Crippen LogP contribution in [0.3, 0.4) is 0 Å². The van der Waals surface area contributed by atoms with E-state index in [0.717, 1.165) is 53.0 Å². The third kappa shape index (κ3) is 6.67. The van der Waals surface area contributed by atoms with E-state index in [4.69, 9.17) is 30.9 Å². The maximum absolute atomic E-state index is 4.92. The largest absolute Gasteiger partial charge is 0.247 e. The minimum atomic E-state index is 0.561. The molecule has 0 spiro atoms. The highest BCUT2D eigenvalue weighted by Gasteiger charge is 2.25. The molecular formula is C69H51N9. The second kappa shape index (κ2) is 17.2. The van der Waals surface area contributed by atoms with Gasteiger partial charge in [0.25, 0.3) is 0 Å². The summed E-state index contributed by atoms with van der Waals surface area (Å²) in [5.74, 6) is 0. The Morgan fingerprint density at radius 2 is 0.513 bits per heavy atom. The van der Waals surface area contributed by atoms with E-state index in [9.17, 15) is 0 Å². The summed E-state index contributed by atoms with van der Waals surface area (Å²) in [5, 5.41) is 51.9. The Kier molecular flexibility index (Phi) is 9.86. The summed E-state index contributed by atoms with van der Waals surface area (Å²) in [6.07, 6.45) is 8.91. The van der Waals surface area contributed by atoms with Gasteiger partial charge in [-0.1, -0.05) is 200 Å². The fourth-order valence-corrected chi connectivity index (χ4v) is 13.8. The van der Waals surface area contributed by atoms with Crippen LogP contribution in [0, 0.1) is 0 Å². The summed E-state index contributed by atoms with van der Waals surface area (Å²) >= 11 is 0. The number of aromatic nitrogens is 9. The Morgan fingerprint density at radius 3 is 0.782 bits per heavy atom. The smallest absolute Gasteiger partial charge is 0.113 e. The van der Waals surface area contributed by atoms with Crippen LogP contribution in [0.5, 0.6) is 0 Å². The SMILES string of the molecule is CCc1c(Cn2cc(-c3ccc4ccc5cccc6ccc3c4c56)nn2)c(CC)c(Cn2cc(-c3ccc4ccc5cccc6ccc3c4c56)nn2)c(CC)c1Cn1cc(-c2ccc3ccc4cccc5ccc2c3c45)nn1. The van der Waals surface area contributed by atoms with Crippen molar-refractivity contribution in [3.8, 4) is 33.8 Å². The average Bonchev–Trinajstić information content (AvgIpc) is 4.40. The molecule has 0 aliphatic heterocycles. The van der Waals surface area contributed by atoms with Gasteiger partial charge in [0.15, 0.2) is 0 Å². The monoisotopic (exact) mass is 1010 g/mol. The molecule has 0 aliphatic rings. The van der Waals surface area contributed by atoms with Crippen LogP contribution in [0.2, 0.25) is 0 Å². The molecule has 0 saturated heterocycles. The molecule has 0 N–H and O–H groups in total. The lowest BCUT2D eigenvalue weighted by atomic mass is 9.83. The molecular weight excluding hydrogens is 955 g/mol. The van der Waals surface area contributed by atoms with Gasteiger partial charge in [-0.15, -0.1) is 15.3 Å². The number of hydrogen-bond acceptors (Lipinski definition) is 6. The molecule has 0 radical (unpaired) electrons. The first-order valence-electron chi connectivity index (χ1n) is 27.4. The molecule has 9 heteroatoms. The third-order valence-electron chi connectivity index (χ3n) is 17.2. The molecule has 3 aromatic heterocycles. The molecule has 0 bridgehead atoms. The van der Waals surface area contributed by atoms with Gasteiger partial charge < -0.3 is 0 Å². The number of nitrogens with zero attached hydrogens (tertiary/aromatic N) is 9. The van der Waals surface area contributed by atoms with Crippen molar-refractivity contribution in [2.45, 2.75) is 59.7 Å². The zero-order valence-electron chi connectivity index (χ0n) is 43.6. The molecule has 0 unspecified atom stereocenters. The second-order valence-corrected chi connectivity index (χ2v) is 21.2. The number of rotatable bonds is 12. The first-order chi connectivity index (χ1) is 38.5. The zero-order valence-corrected chi connectivity index (χ0v) is 43.6. The van der Waals surface area contributed by atoms with Crippen LogP contribution in [0.15, 0.2) is 182 Å². The van der Waals surface area contributed by atoms with E-state index >= 15 is 0 Å². The fraction of sp³-hybridized carbons (Fsp3) is 0.130. The molecule has 3 heterocycles. The van der Waals surface area contributed by atoms with E-state index in [-0.39, 0.29) is 0 Å². The first kappa shape index (κ1) is 44.7. The van der Waals surface area contributed by atoms with Gasteiger partial charge in [-0.3, -0.25) is 0 Å². The van der Waals surface area contributed by atoms with Gasteiger partial charge in [0.2, 0.25) is 0 Å². The summed E-state index contributed by atoms with van der Waals surface area (Å²) in [5.41, 5.74) is 13.6. The predicted molar refractivity (Wildman–Crippen MR) is 319 cm³/mol. The Bertz CT molecular complexity index is 4470. The van der Waals surface area contributed by atoms with Crippen LogP contribution in [0.25, 0.3) is 131 Å². The van der Waals surface area contributed by atoms with Crippen molar-refractivity contribution in [1.82, 2.24) is 45.0 Å². The van der Waals surface area contributed by atoms with Gasteiger partial charge in [0, 0.05) is 16.7 Å². The van der Waals surface area contributed by atoms with E-state index in [1.807, 2.05) is 14.0 Å². The van der Waals surface area contributed by atoms with Crippen molar-refractivity contribution in [3.63, 3.8) is 0 Å². The Balaban J connectivity index is 0.821. The van der Waals surface area contributed by atoms with Crippen LogP contribution >= 0.6 is 0 Å². The third-order valence-corrected chi connectivity index (χ3v) is 17.2. The molecule has 16 rings (SSSR count). The maximum Gasteiger partial charge on any atom is 0.113 e. The summed E-state index contributed by atoms with van der Waals surface area (Å²) in [6, 6.07) is 59.9. The summed E-state index contributed by atoms with van der Waals surface area (Å²) in [4.78, 5) is 0. The molecule has 0 aliphatic carbocycles. The quantitative estimate of drug-likeness (QED) is 0.113. The van der Waals surface area contributed by atoms with Gasteiger partial charge >= 0.3 is 0 Å². The lowest BCUT2D eigenvalue weighted by molar-refractivity contribution is 0.610. The van der Waals surface area contributed by atoms with Crippen molar-refractivity contribution in [1.29, 1.82) is 0 Å². The highest BCUT2D eigenvalue weighted by Crippen LogP contribution is 2.43. The van der Waals surface area contributed by atoms with Crippen molar-refractivity contribution in [2.75, 3.05) is 0 Å². The van der Waals surface area contributed by atoms with E-state index in [0.29, 0.717) is 19.6 Å². The Labute approximate surface area is 449 Å². The number of benzene rings is 13. The fourth-order valence-electron chi connectivity index (χ4n) is 13.8. The molecule has 0 atom stereocenters. The predicted octanol–water partition coefficient (Wildman–Crippen LogP) is 16.0. The lowest BCUT2D eigenvalue weighted by Crippen LogP contribution is -2.19. The molecule has 9 nitrogen and oxygen atoms in total.